The van der Waals surface area contributed by atoms with E-state index in [1.165, 1.54) is 0 Å². The van der Waals surface area contributed by atoms with E-state index in [4.69, 9.17) is 16.7 Å². The van der Waals surface area contributed by atoms with Crippen LogP contribution in [-0.4, -0.2) is 57.8 Å². The minimum absolute atomic E-state index is 0.0613. The molecule has 0 aliphatic heterocycles. The number of likely N-dealkylation sites (N-methyl/N-ethyl adjacent to an activating group) is 1. The summed E-state index contributed by atoms with van der Waals surface area (Å²) in [5.41, 5.74) is 0.757. The first-order valence-corrected chi connectivity index (χ1v) is 11.7. The molecule has 0 saturated heterocycles. The fourth-order valence-corrected chi connectivity index (χ4v) is 4.36. The van der Waals surface area contributed by atoms with Gasteiger partial charge in [-0.15, -0.1) is 0 Å². The van der Waals surface area contributed by atoms with E-state index in [-0.39, 0.29) is 18.7 Å². The number of aliphatic hydroxyl groups is 1. The summed E-state index contributed by atoms with van der Waals surface area (Å²) in [7, 11) is 0. The van der Waals surface area contributed by atoms with Gasteiger partial charge in [0, 0.05) is 29.2 Å². The first-order chi connectivity index (χ1) is 13.6. The van der Waals surface area contributed by atoms with E-state index in [1.54, 1.807) is 12.1 Å². The fraction of sp³-hybridized carbons (Fsp3) is 0.571. The van der Waals surface area contributed by atoms with Gasteiger partial charge in [0.1, 0.15) is 0 Å². The lowest BCUT2D eigenvalue weighted by molar-refractivity contribution is 0.177. The second kappa shape index (κ2) is 12.5. The van der Waals surface area contributed by atoms with Gasteiger partial charge in [-0.2, -0.15) is 0 Å². The van der Waals surface area contributed by atoms with Crippen LogP contribution in [0, 0.1) is 17.8 Å². The van der Waals surface area contributed by atoms with Gasteiger partial charge in [0.2, 0.25) is 0 Å². The van der Waals surface area contributed by atoms with Crippen molar-refractivity contribution in [1.29, 1.82) is 0 Å². The molecule has 154 valence electrons. The first kappa shape index (κ1) is 23.3. The zero-order chi connectivity index (χ0) is 20.4. The summed E-state index contributed by atoms with van der Waals surface area (Å²) < 4.78 is 0.658. The highest BCUT2D eigenvalue weighted by atomic mass is 127. The lowest BCUT2D eigenvalue weighted by Gasteiger charge is -2.34. The number of alkyl halides is 1. The maximum absolute atomic E-state index is 12.7. The molecule has 0 heterocycles. The third kappa shape index (κ3) is 7.43. The Morgan fingerprint density at radius 1 is 1.29 bits per heavy atom. The predicted octanol–water partition coefficient (Wildman–Crippen LogP) is 4.44. The molecule has 2 amide bonds. The van der Waals surface area contributed by atoms with Crippen LogP contribution >= 0.6 is 34.2 Å². The molecule has 28 heavy (non-hydrogen) atoms. The van der Waals surface area contributed by atoms with Gasteiger partial charge in [0.25, 0.3) is 0 Å². The molecule has 1 aromatic rings. The van der Waals surface area contributed by atoms with Crippen molar-refractivity contribution in [2.24, 2.45) is 5.92 Å². The molecule has 0 unspecified atom stereocenters. The molecular weight excluding hydrogens is 489 g/mol. The average molecular weight is 518 g/mol. The summed E-state index contributed by atoms with van der Waals surface area (Å²) in [6.07, 6.45) is 3.99. The lowest BCUT2D eigenvalue weighted by atomic mass is 9.86. The van der Waals surface area contributed by atoms with Crippen LogP contribution in [0.1, 0.15) is 32.6 Å². The average Bonchev–Trinajstić information content (AvgIpc) is 2.70. The number of aliphatic hydroxyl groups excluding tert-OH is 1. The highest BCUT2D eigenvalue weighted by molar-refractivity contribution is 14.1. The fourth-order valence-electron chi connectivity index (χ4n) is 3.37. The van der Waals surface area contributed by atoms with E-state index in [0.29, 0.717) is 28.6 Å². The smallest absolute Gasteiger partial charge is 0.322 e. The van der Waals surface area contributed by atoms with Gasteiger partial charge in [-0.3, -0.25) is 4.90 Å². The largest absolute Gasteiger partial charge is 0.395 e. The molecule has 0 atom stereocenters. The van der Waals surface area contributed by atoms with Crippen LogP contribution in [0.4, 0.5) is 10.5 Å². The summed E-state index contributed by atoms with van der Waals surface area (Å²) in [5, 5.41) is 12.7. The summed E-state index contributed by atoms with van der Waals surface area (Å²) in [4.78, 5) is 16.7. The van der Waals surface area contributed by atoms with E-state index in [9.17, 15) is 4.79 Å². The Kier molecular flexibility index (Phi) is 10.4. The number of nitrogens with one attached hydrogen (secondary N) is 1. The molecule has 1 aliphatic carbocycles. The van der Waals surface area contributed by atoms with Crippen LogP contribution in [0.2, 0.25) is 5.02 Å². The van der Waals surface area contributed by atoms with Crippen molar-refractivity contribution in [2.45, 2.75) is 38.6 Å². The van der Waals surface area contributed by atoms with Crippen molar-refractivity contribution in [2.75, 3.05) is 36.1 Å². The quantitative estimate of drug-likeness (QED) is 0.243. The van der Waals surface area contributed by atoms with Crippen molar-refractivity contribution in [3.8, 4) is 11.8 Å². The number of hydrogen-bond donors (Lipinski definition) is 2. The molecule has 1 aliphatic rings. The summed E-state index contributed by atoms with van der Waals surface area (Å²) in [6.45, 7) is 4.53. The number of rotatable bonds is 7. The number of urea groups is 1. The highest BCUT2D eigenvalue weighted by Gasteiger charge is 2.27. The number of carbonyl (C=O) groups is 1. The van der Waals surface area contributed by atoms with Crippen LogP contribution in [-0.2, 0) is 0 Å². The minimum atomic E-state index is -0.0613. The molecule has 0 spiro atoms. The van der Waals surface area contributed by atoms with E-state index >= 15 is 0 Å². The Morgan fingerprint density at radius 2 is 1.96 bits per heavy atom. The monoisotopic (exact) mass is 517 g/mol. The van der Waals surface area contributed by atoms with E-state index < -0.39 is 0 Å². The Balaban J connectivity index is 1.83. The number of halogens is 2. The molecule has 0 radical (unpaired) electrons. The Bertz CT molecular complexity index is 666. The van der Waals surface area contributed by atoms with Crippen molar-refractivity contribution >= 4 is 45.9 Å². The van der Waals surface area contributed by atoms with Gasteiger partial charge in [-0.05, 0) is 56.5 Å². The molecule has 0 aromatic heterocycles. The zero-order valence-electron chi connectivity index (χ0n) is 16.3. The first-order valence-electron chi connectivity index (χ1n) is 9.78. The van der Waals surface area contributed by atoms with Gasteiger partial charge in [-0.1, -0.05) is 53.0 Å². The molecule has 1 aromatic carbocycles. The van der Waals surface area contributed by atoms with Gasteiger partial charge >= 0.3 is 6.03 Å². The van der Waals surface area contributed by atoms with Crippen LogP contribution < -0.4 is 5.32 Å². The molecule has 1 saturated carbocycles. The van der Waals surface area contributed by atoms with Gasteiger partial charge in [0.15, 0.2) is 0 Å². The predicted molar refractivity (Wildman–Crippen MR) is 124 cm³/mol. The summed E-state index contributed by atoms with van der Waals surface area (Å²) >= 11 is 8.15. The van der Waals surface area contributed by atoms with Crippen LogP contribution in [0.25, 0.3) is 0 Å². The molecule has 1 fully saturated rings. The van der Waals surface area contributed by atoms with Crippen molar-refractivity contribution < 1.29 is 9.90 Å². The third-order valence-electron chi connectivity index (χ3n) is 5.09. The molecule has 5 nitrogen and oxygen atoms in total. The van der Waals surface area contributed by atoms with Crippen LogP contribution in [0.15, 0.2) is 24.3 Å². The molecular formula is C21H29ClIN3O2. The van der Waals surface area contributed by atoms with Crippen molar-refractivity contribution in [3.63, 3.8) is 0 Å². The standard InChI is InChI=1S/C21H29ClIN3O2/c1-2-25(14-15-27)13-3-4-17-5-11-20(12-6-17)26(16-23)21(28)24-19-9-7-18(22)8-10-19/h7-10,17,20,27H,2,5-6,11-16H2,1H3,(H,24,28). The van der Waals surface area contributed by atoms with Crippen LogP contribution in [0.3, 0.4) is 0 Å². The molecule has 7 heteroatoms. The minimum Gasteiger partial charge on any atom is -0.395 e. The summed E-state index contributed by atoms with van der Waals surface area (Å²) in [5.74, 6) is 7.06. The van der Waals surface area contributed by atoms with Crippen molar-refractivity contribution in [1.82, 2.24) is 9.80 Å². The zero-order valence-corrected chi connectivity index (χ0v) is 19.2. The lowest BCUT2D eigenvalue weighted by Crippen LogP contribution is -2.43. The molecule has 2 N–H and O–H groups in total. The maximum atomic E-state index is 12.7. The molecule has 0 bridgehead atoms. The van der Waals surface area contributed by atoms with Gasteiger partial charge in [0.05, 0.1) is 17.7 Å². The second-order valence-corrected chi connectivity index (χ2v) is 8.06. The number of anilines is 1. The number of amides is 2. The number of nitrogens with zero attached hydrogens (tertiary/aromatic N) is 2. The highest BCUT2D eigenvalue weighted by Crippen LogP contribution is 2.28. The van der Waals surface area contributed by atoms with E-state index in [0.717, 1.165) is 37.9 Å². The second-order valence-electron chi connectivity index (χ2n) is 6.95. The van der Waals surface area contributed by atoms with E-state index in [2.05, 4.69) is 51.6 Å². The number of carbonyl (C=O) groups excluding carboxylic acids is 1. The topological polar surface area (TPSA) is 55.8 Å². The van der Waals surface area contributed by atoms with E-state index in [1.807, 2.05) is 17.0 Å². The maximum Gasteiger partial charge on any atom is 0.322 e. The molecule has 2 rings (SSSR count). The summed E-state index contributed by atoms with van der Waals surface area (Å²) in [6, 6.07) is 7.37. The van der Waals surface area contributed by atoms with Crippen LogP contribution in [0.5, 0.6) is 0 Å². The normalized spacial score (nSPS) is 19.0. The number of hydrogen-bond acceptors (Lipinski definition) is 3. The SMILES string of the molecule is CCN(CC#CC1CCC(N(CI)C(=O)Nc2ccc(Cl)cc2)CC1)CCO. The third-order valence-corrected chi connectivity index (χ3v) is 6.08. The Hall–Kier alpha value is -1.01. The Morgan fingerprint density at radius 3 is 2.54 bits per heavy atom. The van der Waals surface area contributed by atoms with Crippen molar-refractivity contribution in [3.05, 3.63) is 29.3 Å². The van der Waals surface area contributed by atoms with Gasteiger partial charge < -0.3 is 15.3 Å². The van der Waals surface area contributed by atoms with Gasteiger partial charge in [-0.25, -0.2) is 4.79 Å². The Labute approximate surface area is 186 Å². The number of benzene rings is 1.